The molecule has 1 saturated heterocycles. The normalized spacial score (nSPS) is 28.1. The number of hydrogen-bond acceptors (Lipinski definition) is 6. The van der Waals surface area contributed by atoms with Gasteiger partial charge < -0.3 is 15.4 Å². The molecule has 7 nitrogen and oxygen atoms in total. The second-order valence-corrected chi connectivity index (χ2v) is 7.18. The predicted molar refractivity (Wildman–Crippen MR) is 101 cm³/mol. The van der Waals surface area contributed by atoms with Crippen LogP contribution in [-0.4, -0.2) is 41.8 Å². The maximum atomic E-state index is 12.9. The number of primary amides is 1. The third-order valence-electron chi connectivity index (χ3n) is 5.30. The van der Waals surface area contributed by atoms with Crippen LogP contribution >= 0.6 is 11.6 Å². The van der Waals surface area contributed by atoms with Gasteiger partial charge >= 0.3 is 5.97 Å². The molecule has 1 fully saturated rings. The first kappa shape index (κ1) is 19.6. The third kappa shape index (κ3) is 2.77. The van der Waals surface area contributed by atoms with Crippen molar-refractivity contribution in [3.63, 3.8) is 0 Å². The van der Waals surface area contributed by atoms with Crippen molar-refractivity contribution in [3.8, 4) is 6.07 Å². The van der Waals surface area contributed by atoms with Crippen molar-refractivity contribution in [2.75, 3.05) is 7.11 Å². The van der Waals surface area contributed by atoms with Crippen LogP contribution in [0.25, 0.3) is 0 Å². The van der Waals surface area contributed by atoms with E-state index in [0.717, 1.165) is 0 Å². The molecule has 3 rings (SSSR count). The van der Waals surface area contributed by atoms with Gasteiger partial charge in [0, 0.05) is 22.7 Å². The molecule has 0 radical (unpaired) electrons. The highest BCUT2D eigenvalue weighted by atomic mass is 35.5. The summed E-state index contributed by atoms with van der Waals surface area (Å²) in [5.41, 5.74) is 4.84. The van der Waals surface area contributed by atoms with E-state index in [0.29, 0.717) is 16.2 Å². The summed E-state index contributed by atoms with van der Waals surface area (Å²) in [6.45, 7) is 1.39. The Morgan fingerprint density at radius 2 is 1.93 bits per heavy atom. The van der Waals surface area contributed by atoms with Crippen LogP contribution in [0.2, 0.25) is 5.02 Å². The SMILES string of the molecule is COC(=O)[C@]1(C#N)[C@H](c2ccc(Cl)cc2)[C@H](C(N)=O)N2C=C(C(C)=O)C=C[C@H]21. The summed E-state index contributed by atoms with van der Waals surface area (Å²) in [5, 5.41) is 10.6. The molecule has 8 heteroatoms. The van der Waals surface area contributed by atoms with Crippen molar-refractivity contribution < 1.29 is 19.1 Å². The van der Waals surface area contributed by atoms with Gasteiger partial charge in [0.15, 0.2) is 11.2 Å². The van der Waals surface area contributed by atoms with Crippen LogP contribution < -0.4 is 5.73 Å². The van der Waals surface area contributed by atoms with E-state index in [1.54, 1.807) is 36.4 Å². The molecule has 2 aliphatic heterocycles. The van der Waals surface area contributed by atoms with Crippen LogP contribution in [0.3, 0.4) is 0 Å². The molecular formula is C20H18ClN3O4. The number of carbonyl (C=O) groups excluding carboxylic acids is 3. The Kier molecular flexibility index (Phi) is 5.01. The Balaban J connectivity index is 2.29. The number of nitrogens with two attached hydrogens (primary N) is 1. The minimum atomic E-state index is -1.74. The third-order valence-corrected chi connectivity index (χ3v) is 5.55. The van der Waals surface area contributed by atoms with E-state index in [9.17, 15) is 19.6 Å². The Morgan fingerprint density at radius 1 is 1.29 bits per heavy atom. The highest BCUT2D eigenvalue weighted by molar-refractivity contribution is 6.30. The number of esters is 1. The highest BCUT2D eigenvalue weighted by Gasteiger charge is 2.66. The van der Waals surface area contributed by atoms with Crippen LogP contribution in [0.5, 0.6) is 0 Å². The van der Waals surface area contributed by atoms with E-state index in [-0.39, 0.29) is 5.78 Å². The first-order chi connectivity index (χ1) is 13.3. The number of halogens is 1. The van der Waals surface area contributed by atoms with E-state index in [1.165, 1.54) is 25.1 Å². The van der Waals surface area contributed by atoms with E-state index in [2.05, 4.69) is 6.07 Å². The lowest BCUT2D eigenvalue weighted by Crippen LogP contribution is -2.45. The van der Waals surface area contributed by atoms with Crippen LogP contribution in [-0.2, 0) is 19.1 Å². The number of hydrogen-bond donors (Lipinski definition) is 1. The Hall–Kier alpha value is -3.11. The first-order valence-corrected chi connectivity index (χ1v) is 8.88. The van der Waals surface area contributed by atoms with E-state index >= 15 is 0 Å². The fourth-order valence-electron chi connectivity index (χ4n) is 4.06. The monoisotopic (exact) mass is 399 g/mol. The van der Waals surface area contributed by atoms with E-state index < -0.39 is 35.3 Å². The summed E-state index contributed by atoms with van der Waals surface area (Å²) >= 11 is 5.97. The number of ether oxygens (including phenoxy) is 1. The molecule has 2 aliphatic rings. The van der Waals surface area contributed by atoms with Gasteiger partial charge in [-0.3, -0.25) is 14.4 Å². The van der Waals surface area contributed by atoms with Gasteiger partial charge in [-0.2, -0.15) is 5.26 Å². The zero-order valence-corrected chi connectivity index (χ0v) is 16.0. The molecule has 1 amide bonds. The number of Topliss-reactive ketones (excluding diaryl/α,β-unsaturated/α-hetero) is 1. The Bertz CT molecular complexity index is 947. The Morgan fingerprint density at radius 3 is 2.43 bits per heavy atom. The van der Waals surface area contributed by atoms with Crippen molar-refractivity contribution in [1.82, 2.24) is 4.90 Å². The quantitative estimate of drug-likeness (QED) is 0.770. The molecule has 2 N–H and O–H groups in total. The number of rotatable bonds is 4. The smallest absolute Gasteiger partial charge is 0.329 e. The van der Waals surface area contributed by atoms with Gasteiger partial charge in [0.25, 0.3) is 0 Å². The molecule has 144 valence electrons. The average Bonchev–Trinajstić information content (AvgIpc) is 2.98. The van der Waals surface area contributed by atoms with Crippen LogP contribution in [0.15, 0.2) is 48.2 Å². The maximum absolute atomic E-state index is 12.9. The zero-order chi connectivity index (χ0) is 20.6. The average molecular weight is 400 g/mol. The number of fused-ring (bicyclic) bond motifs is 1. The van der Waals surface area contributed by atoms with Gasteiger partial charge in [0.05, 0.1) is 19.2 Å². The Labute approximate surface area is 167 Å². The van der Waals surface area contributed by atoms with Gasteiger partial charge in [0.2, 0.25) is 5.91 Å². The van der Waals surface area contributed by atoms with Crippen LogP contribution in [0.4, 0.5) is 0 Å². The minimum Gasteiger partial charge on any atom is -0.468 e. The van der Waals surface area contributed by atoms with Crippen molar-refractivity contribution in [1.29, 1.82) is 5.26 Å². The van der Waals surface area contributed by atoms with Crippen molar-refractivity contribution >= 4 is 29.3 Å². The second-order valence-electron chi connectivity index (χ2n) is 6.74. The van der Waals surface area contributed by atoms with Crippen molar-refractivity contribution in [3.05, 3.63) is 58.8 Å². The molecule has 4 atom stereocenters. The zero-order valence-electron chi connectivity index (χ0n) is 15.3. The number of nitriles is 1. The molecular weight excluding hydrogens is 382 g/mol. The lowest BCUT2D eigenvalue weighted by Gasteiger charge is -2.32. The molecule has 2 heterocycles. The lowest BCUT2D eigenvalue weighted by molar-refractivity contribution is -0.150. The number of nitrogens with zero attached hydrogens (tertiary/aromatic N) is 2. The number of benzene rings is 1. The second kappa shape index (κ2) is 7.13. The molecule has 0 saturated carbocycles. The standard InChI is InChI=1S/C20H18ClN3O4/c1-11(25)13-5-8-15-20(10-22,19(27)28-2)16(12-3-6-14(21)7-4-12)17(18(23)26)24(15)9-13/h3-9,15-17H,1-2H3,(H2,23,26)/t15-,16+,17+,20-/m0/s1. The van der Waals surface area contributed by atoms with Gasteiger partial charge in [-0.05, 0) is 24.6 Å². The topological polar surface area (TPSA) is 113 Å². The van der Waals surface area contributed by atoms with Crippen molar-refractivity contribution in [2.45, 2.75) is 24.9 Å². The van der Waals surface area contributed by atoms with Gasteiger partial charge in [-0.1, -0.05) is 35.9 Å². The number of methoxy groups -OCH3 is 1. The van der Waals surface area contributed by atoms with Gasteiger partial charge in [-0.25, -0.2) is 0 Å². The number of allylic oxidation sites excluding steroid dienone is 2. The fraction of sp³-hybridized carbons (Fsp3) is 0.300. The molecule has 0 aromatic heterocycles. The highest BCUT2D eigenvalue weighted by Crippen LogP contribution is 2.53. The minimum absolute atomic E-state index is 0.214. The van der Waals surface area contributed by atoms with E-state index in [1.807, 2.05) is 0 Å². The number of ketones is 1. The lowest BCUT2D eigenvalue weighted by atomic mass is 9.68. The molecule has 0 bridgehead atoms. The summed E-state index contributed by atoms with van der Waals surface area (Å²) in [7, 11) is 1.19. The molecule has 1 aromatic rings. The van der Waals surface area contributed by atoms with E-state index in [4.69, 9.17) is 22.1 Å². The van der Waals surface area contributed by atoms with Crippen LogP contribution in [0.1, 0.15) is 18.4 Å². The predicted octanol–water partition coefficient (Wildman–Crippen LogP) is 1.69. The summed E-state index contributed by atoms with van der Waals surface area (Å²) in [6, 6.07) is 6.75. The van der Waals surface area contributed by atoms with Gasteiger partial charge in [0.1, 0.15) is 6.04 Å². The molecule has 0 aliphatic carbocycles. The molecule has 28 heavy (non-hydrogen) atoms. The van der Waals surface area contributed by atoms with Crippen LogP contribution in [0, 0.1) is 16.7 Å². The molecule has 0 unspecified atom stereocenters. The molecule has 0 spiro atoms. The number of carbonyl (C=O) groups is 3. The summed E-state index contributed by atoms with van der Waals surface area (Å²) in [6.07, 6.45) is 4.59. The fourth-order valence-corrected chi connectivity index (χ4v) is 4.18. The summed E-state index contributed by atoms with van der Waals surface area (Å²) in [5.74, 6) is -2.64. The van der Waals surface area contributed by atoms with Gasteiger partial charge in [-0.15, -0.1) is 0 Å². The summed E-state index contributed by atoms with van der Waals surface area (Å²) in [4.78, 5) is 38.7. The maximum Gasteiger partial charge on any atom is 0.329 e. The largest absolute Gasteiger partial charge is 0.468 e. The molecule has 1 aromatic carbocycles. The first-order valence-electron chi connectivity index (χ1n) is 8.50. The summed E-state index contributed by atoms with van der Waals surface area (Å²) < 4.78 is 4.97. The van der Waals surface area contributed by atoms with Crippen molar-refractivity contribution in [2.24, 2.45) is 11.1 Å². The number of amides is 1.